The monoisotopic (exact) mass is 622 g/mol. The molecule has 8 nitrogen and oxygen atoms in total. The summed E-state index contributed by atoms with van der Waals surface area (Å²) in [6, 6.07) is -2.22. The molecule has 0 radical (unpaired) electrons. The molecule has 2 saturated heterocycles. The number of morpholine rings is 1. The first-order valence-corrected chi connectivity index (χ1v) is 14.7. The number of alkyl halides is 5. The van der Waals surface area contributed by atoms with Crippen molar-refractivity contribution in [3.63, 3.8) is 0 Å². The standard InChI is InChI=1S/C26H35BrF4N4O4/c27-14-10-18(25(38)34-6-8-39-9-7-34)23(19(11-14)26(29,30)31)35-5-4-15(13-35)32-24(37)17-12-21(36)33-22-16(17)2-1-3-20(22)28/h12,14-16,18-20,22-23H,1-11,13H2,(H,32,37)(H,33,36)/t14?,15-,16?,18?,19?,20?,22?,23?/m0/s1. The molecule has 13 heteroatoms. The van der Waals surface area contributed by atoms with Gasteiger partial charge in [-0.25, -0.2) is 4.39 Å². The molecular weight excluding hydrogens is 588 g/mol. The van der Waals surface area contributed by atoms with E-state index >= 15 is 0 Å². The number of hydrogen-bond donors (Lipinski definition) is 2. The van der Waals surface area contributed by atoms with Crippen LogP contribution in [-0.4, -0.2) is 102 Å². The lowest BCUT2D eigenvalue weighted by atomic mass is 9.74. The molecule has 2 saturated carbocycles. The van der Waals surface area contributed by atoms with Crippen molar-refractivity contribution in [3.8, 4) is 0 Å². The van der Waals surface area contributed by atoms with Crippen LogP contribution in [-0.2, 0) is 19.1 Å². The number of hydrogen-bond acceptors (Lipinski definition) is 5. The smallest absolute Gasteiger partial charge is 0.378 e. The van der Waals surface area contributed by atoms with E-state index in [1.807, 2.05) is 0 Å². The highest BCUT2D eigenvalue weighted by Gasteiger charge is 2.56. The van der Waals surface area contributed by atoms with Crippen LogP contribution in [0, 0.1) is 17.8 Å². The second-order valence-electron chi connectivity index (χ2n) is 11.4. The second-order valence-corrected chi connectivity index (χ2v) is 12.7. The number of nitrogens with zero attached hydrogens (tertiary/aromatic N) is 2. The maximum absolute atomic E-state index is 14.5. The van der Waals surface area contributed by atoms with Crippen LogP contribution in [0.5, 0.6) is 0 Å². The Labute approximate surface area is 233 Å². The molecule has 5 aliphatic rings. The Morgan fingerprint density at radius 2 is 1.85 bits per heavy atom. The van der Waals surface area contributed by atoms with Gasteiger partial charge in [-0.15, -0.1) is 0 Å². The molecule has 218 valence electrons. The SMILES string of the molecule is O=C1C=C(C(=O)N[C@H]2CCN(C3C(C(=O)N4CCOCC4)CC(Br)CC3C(F)(F)F)C2)C2CCCC(F)C2N1. The maximum Gasteiger partial charge on any atom is 0.393 e. The zero-order valence-electron chi connectivity index (χ0n) is 21.6. The van der Waals surface area contributed by atoms with Gasteiger partial charge < -0.3 is 20.3 Å². The summed E-state index contributed by atoms with van der Waals surface area (Å²) >= 11 is 3.38. The maximum atomic E-state index is 14.5. The second kappa shape index (κ2) is 11.6. The third kappa shape index (κ3) is 6.14. The number of nitrogens with one attached hydrogen (secondary N) is 2. The quantitative estimate of drug-likeness (QED) is 0.371. The summed E-state index contributed by atoms with van der Waals surface area (Å²) in [7, 11) is 0. The summed E-state index contributed by atoms with van der Waals surface area (Å²) in [5.74, 6) is -4.22. The molecule has 39 heavy (non-hydrogen) atoms. The lowest BCUT2D eigenvalue weighted by Gasteiger charge is -2.46. The largest absolute Gasteiger partial charge is 0.393 e. The molecule has 8 atom stereocenters. The highest BCUT2D eigenvalue weighted by molar-refractivity contribution is 9.09. The van der Waals surface area contributed by atoms with Crippen molar-refractivity contribution in [2.75, 3.05) is 39.4 Å². The van der Waals surface area contributed by atoms with E-state index in [2.05, 4.69) is 26.6 Å². The first-order chi connectivity index (χ1) is 18.5. The van der Waals surface area contributed by atoms with E-state index in [0.29, 0.717) is 65.0 Å². The lowest BCUT2D eigenvalue weighted by molar-refractivity contribution is -0.205. The van der Waals surface area contributed by atoms with E-state index in [-0.39, 0.29) is 24.4 Å². The van der Waals surface area contributed by atoms with Crippen molar-refractivity contribution < 1.29 is 36.7 Å². The van der Waals surface area contributed by atoms with Gasteiger partial charge in [-0.05, 0) is 38.5 Å². The predicted octanol–water partition coefficient (Wildman–Crippen LogP) is 2.32. The van der Waals surface area contributed by atoms with Crippen LogP contribution in [0.4, 0.5) is 17.6 Å². The average molecular weight is 623 g/mol. The molecule has 0 aromatic carbocycles. The van der Waals surface area contributed by atoms with Crippen molar-refractivity contribution >= 4 is 33.7 Å². The molecule has 3 amide bonds. The Bertz CT molecular complexity index is 991. The van der Waals surface area contributed by atoms with E-state index in [9.17, 15) is 31.9 Å². The molecule has 5 rings (SSSR count). The zero-order chi connectivity index (χ0) is 27.9. The Balaban J connectivity index is 1.31. The Kier molecular flexibility index (Phi) is 8.59. The van der Waals surface area contributed by atoms with Gasteiger partial charge in [0.25, 0.3) is 0 Å². The Hall–Kier alpha value is -1.73. The summed E-state index contributed by atoms with van der Waals surface area (Å²) < 4.78 is 62.8. The number of rotatable bonds is 4. The fourth-order valence-electron chi connectivity index (χ4n) is 7.12. The molecule has 7 unspecified atom stereocenters. The zero-order valence-corrected chi connectivity index (χ0v) is 23.2. The normalized spacial score (nSPS) is 38.0. The van der Waals surface area contributed by atoms with Gasteiger partial charge in [-0.1, -0.05) is 15.9 Å². The van der Waals surface area contributed by atoms with Crippen LogP contribution in [0.15, 0.2) is 11.6 Å². The number of likely N-dealkylation sites (tertiary alicyclic amines) is 1. The first kappa shape index (κ1) is 28.8. The van der Waals surface area contributed by atoms with Crippen LogP contribution in [0.25, 0.3) is 0 Å². The molecule has 2 aliphatic carbocycles. The van der Waals surface area contributed by atoms with Crippen molar-refractivity contribution in [3.05, 3.63) is 11.6 Å². The molecule has 0 bridgehead atoms. The summed E-state index contributed by atoms with van der Waals surface area (Å²) in [5, 5.41) is 5.53. The molecule has 2 N–H and O–H groups in total. The van der Waals surface area contributed by atoms with E-state index in [0.717, 1.165) is 0 Å². The van der Waals surface area contributed by atoms with Crippen LogP contribution in [0.3, 0.4) is 0 Å². The fraction of sp³-hybridized carbons (Fsp3) is 0.808. The van der Waals surface area contributed by atoms with Crippen molar-refractivity contribution in [2.45, 2.75) is 73.8 Å². The number of carbonyl (C=O) groups is 3. The van der Waals surface area contributed by atoms with E-state index in [1.165, 1.54) is 6.08 Å². The molecule has 4 fully saturated rings. The van der Waals surface area contributed by atoms with Crippen LogP contribution < -0.4 is 10.6 Å². The first-order valence-electron chi connectivity index (χ1n) is 13.8. The molecule has 0 aromatic heterocycles. The fourth-order valence-corrected chi connectivity index (χ4v) is 7.93. The van der Waals surface area contributed by atoms with Gasteiger partial charge in [0.2, 0.25) is 17.7 Å². The van der Waals surface area contributed by atoms with E-state index in [1.54, 1.807) is 9.80 Å². The van der Waals surface area contributed by atoms with Crippen molar-refractivity contribution in [2.24, 2.45) is 17.8 Å². The number of amides is 3. The van der Waals surface area contributed by atoms with Crippen LogP contribution in [0.2, 0.25) is 0 Å². The van der Waals surface area contributed by atoms with Gasteiger partial charge in [0.1, 0.15) is 6.17 Å². The summed E-state index contributed by atoms with van der Waals surface area (Å²) in [6.45, 7) is 1.91. The average Bonchev–Trinajstić information content (AvgIpc) is 3.35. The van der Waals surface area contributed by atoms with E-state index in [4.69, 9.17) is 4.74 Å². The van der Waals surface area contributed by atoms with Crippen molar-refractivity contribution in [1.29, 1.82) is 0 Å². The molecule has 3 heterocycles. The summed E-state index contributed by atoms with van der Waals surface area (Å²) in [4.78, 5) is 41.8. The van der Waals surface area contributed by atoms with Gasteiger partial charge in [-0.2, -0.15) is 13.2 Å². The van der Waals surface area contributed by atoms with Crippen LogP contribution in [0.1, 0.15) is 38.5 Å². The highest BCUT2D eigenvalue weighted by atomic mass is 79.9. The molecule has 0 spiro atoms. The van der Waals surface area contributed by atoms with Gasteiger partial charge in [0.15, 0.2) is 0 Å². The summed E-state index contributed by atoms with van der Waals surface area (Å²) in [5.41, 5.74) is 0.234. The van der Waals surface area contributed by atoms with Gasteiger partial charge in [-0.3, -0.25) is 19.3 Å². The number of carbonyl (C=O) groups excluding carboxylic acids is 3. The third-order valence-electron chi connectivity index (χ3n) is 8.96. The number of halogens is 5. The topological polar surface area (TPSA) is 91.0 Å². The Morgan fingerprint density at radius 1 is 1.10 bits per heavy atom. The number of fused-ring (bicyclic) bond motifs is 1. The summed E-state index contributed by atoms with van der Waals surface area (Å²) in [6.07, 6.45) is -2.38. The third-order valence-corrected chi connectivity index (χ3v) is 9.70. The van der Waals surface area contributed by atoms with Gasteiger partial charge in [0.05, 0.1) is 31.1 Å². The minimum absolute atomic E-state index is 0.121. The lowest BCUT2D eigenvalue weighted by Crippen LogP contribution is -2.59. The van der Waals surface area contributed by atoms with E-state index < -0.39 is 64.9 Å². The van der Waals surface area contributed by atoms with Gasteiger partial charge >= 0.3 is 6.18 Å². The predicted molar refractivity (Wildman–Crippen MR) is 137 cm³/mol. The highest BCUT2D eigenvalue weighted by Crippen LogP contribution is 2.46. The van der Waals surface area contributed by atoms with Gasteiger partial charge in [0, 0.05) is 60.7 Å². The molecule has 0 aromatic rings. The van der Waals surface area contributed by atoms with Crippen LogP contribution >= 0.6 is 15.9 Å². The minimum Gasteiger partial charge on any atom is -0.378 e. The van der Waals surface area contributed by atoms with Crippen molar-refractivity contribution in [1.82, 2.24) is 20.4 Å². The number of ether oxygens (including phenoxy) is 1. The molecule has 3 aliphatic heterocycles. The minimum atomic E-state index is -4.48. The molecular formula is C26H35BrF4N4O4. The Morgan fingerprint density at radius 3 is 2.56 bits per heavy atom.